The number of carbonyl (C=O) groups is 3. The molecule has 154 valence electrons. The topological polar surface area (TPSA) is 148 Å². The Bertz CT molecular complexity index is 814. The Morgan fingerprint density at radius 1 is 0.793 bits per heavy atom. The van der Waals surface area contributed by atoms with Crippen LogP contribution in [0.15, 0.2) is 60.7 Å². The van der Waals surface area contributed by atoms with Gasteiger partial charge in [-0.3, -0.25) is 9.59 Å². The average Bonchev–Trinajstić information content (AvgIpc) is 2.71. The predicted octanol–water partition coefficient (Wildman–Crippen LogP) is -0.188. The van der Waals surface area contributed by atoms with Gasteiger partial charge in [0, 0.05) is 6.54 Å². The molecule has 2 amide bonds. The number of benzene rings is 2. The summed E-state index contributed by atoms with van der Waals surface area (Å²) in [5.41, 5.74) is 13.5. The van der Waals surface area contributed by atoms with E-state index >= 15 is 0 Å². The number of nitrogens with one attached hydrogen (secondary N) is 2. The van der Waals surface area contributed by atoms with E-state index in [1.54, 1.807) is 0 Å². The van der Waals surface area contributed by atoms with Crippen molar-refractivity contribution in [3.8, 4) is 0 Å². The lowest BCUT2D eigenvalue weighted by Gasteiger charge is -2.19. The van der Waals surface area contributed by atoms with E-state index < -0.39 is 35.9 Å². The molecule has 0 saturated carbocycles. The standard InChI is InChI=1S/C21H26N4O4/c22-16(11-14-7-3-1-4-8-14)19(26)24-13-18(21(28)29)25-20(27)17(23)12-15-9-5-2-6-10-15/h1-10,16-18H,11-13,22-23H2,(H,24,26)(H,25,27)(H,28,29)/t16-,17+,18+/m1/s1. The second kappa shape index (κ2) is 10.9. The van der Waals surface area contributed by atoms with Crippen molar-refractivity contribution < 1.29 is 19.5 Å². The molecule has 29 heavy (non-hydrogen) atoms. The van der Waals surface area contributed by atoms with Crippen LogP contribution >= 0.6 is 0 Å². The van der Waals surface area contributed by atoms with Gasteiger partial charge in [0.15, 0.2) is 0 Å². The van der Waals surface area contributed by atoms with E-state index in [0.29, 0.717) is 6.42 Å². The fourth-order valence-corrected chi connectivity index (χ4v) is 2.73. The number of carboxylic acid groups (broad SMARTS) is 1. The maximum atomic E-state index is 12.2. The zero-order valence-corrected chi connectivity index (χ0v) is 16.0. The van der Waals surface area contributed by atoms with E-state index in [-0.39, 0.29) is 13.0 Å². The van der Waals surface area contributed by atoms with Crippen LogP contribution in [0.2, 0.25) is 0 Å². The Balaban J connectivity index is 1.84. The van der Waals surface area contributed by atoms with Gasteiger partial charge in [-0.1, -0.05) is 60.7 Å². The highest BCUT2D eigenvalue weighted by Crippen LogP contribution is 2.03. The highest BCUT2D eigenvalue weighted by Gasteiger charge is 2.25. The minimum absolute atomic E-state index is 0.271. The van der Waals surface area contributed by atoms with Gasteiger partial charge < -0.3 is 27.2 Å². The number of carboxylic acids is 1. The Labute approximate surface area is 169 Å². The van der Waals surface area contributed by atoms with Crippen molar-refractivity contribution in [3.05, 3.63) is 71.8 Å². The van der Waals surface area contributed by atoms with Gasteiger partial charge in [0.25, 0.3) is 0 Å². The van der Waals surface area contributed by atoms with Gasteiger partial charge in [-0.15, -0.1) is 0 Å². The summed E-state index contributed by atoms with van der Waals surface area (Å²) in [6, 6.07) is 15.4. The molecule has 0 fully saturated rings. The molecule has 0 radical (unpaired) electrons. The number of carbonyl (C=O) groups excluding carboxylic acids is 2. The number of nitrogens with two attached hydrogens (primary N) is 2. The summed E-state index contributed by atoms with van der Waals surface area (Å²) in [4.78, 5) is 35.9. The highest BCUT2D eigenvalue weighted by atomic mass is 16.4. The zero-order chi connectivity index (χ0) is 21.2. The van der Waals surface area contributed by atoms with Crippen LogP contribution in [0.25, 0.3) is 0 Å². The highest BCUT2D eigenvalue weighted by molar-refractivity contribution is 5.88. The fourth-order valence-electron chi connectivity index (χ4n) is 2.73. The SMILES string of the molecule is N[C@H](Cc1ccccc1)C(=O)NC[C@H](NC(=O)[C@@H](N)Cc1ccccc1)C(=O)O. The van der Waals surface area contributed by atoms with Crippen LogP contribution < -0.4 is 22.1 Å². The molecule has 0 saturated heterocycles. The van der Waals surface area contributed by atoms with Gasteiger partial charge in [-0.2, -0.15) is 0 Å². The van der Waals surface area contributed by atoms with Crippen molar-refractivity contribution in [2.75, 3.05) is 6.54 Å². The van der Waals surface area contributed by atoms with Crippen LogP contribution in [0.1, 0.15) is 11.1 Å². The molecule has 0 aliphatic carbocycles. The van der Waals surface area contributed by atoms with Crippen LogP contribution in [0.4, 0.5) is 0 Å². The van der Waals surface area contributed by atoms with Gasteiger partial charge in [-0.25, -0.2) is 4.79 Å². The molecular weight excluding hydrogens is 372 g/mol. The molecule has 8 heteroatoms. The van der Waals surface area contributed by atoms with Crippen molar-refractivity contribution in [1.29, 1.82) is 0 Å². The van der Waals surface area contributed by atoms with Crippen molar-refractivity contribution in [3.63, 3.8) is 0 Å². The van der Waals surface area contributed by atoms with E-state index in [1.807, 2.05) is 60.7 Å². The number of hydrogen-bond acceptors (Lipinski definition) is 5. The summed E-state index contributed by atoms with van der Waals surface area (Å²) in [7, 11) is 0. The van der Waals surface area contributed by atoms with Crippen LogP contribution in [0.5, 0.6) is 0 Å². The van der Waals surface area contributed by atoms with Gasteiger partial charge >= 0.3 is 5.97 Å². The molecule has 0 heterocycles. The Hall–Kier alpha value is -3.23. The third kappa shape index (κ3) is 7.36. The summed E-state index contributed by atoms with van der Waals surface area (Å²) >= 11 is 0. The van der Waals surface area contributed by atoms with Crippen molar-refractivity contribution in [2.24, 2.45) is 11.5 Å². The first kappa shape index (κ1) is 22.1. The summed E-state index contributed by atoms with van der Waals surface area (Å²) in [5.74, 6) is -2.38. The largest absolute Gasteiger partial charge is 0.480 e. The molecule has 7 N–H and O–H groups in total. The Kier molecular flexibility index (Phi) is 8.32. The average molecular weight is 398 g/mol. The maximum Gasteiger partial charge on any atom is 0.328 e. The second-order valence-corrected chi connectivity index (χ2v) is 6.74. The third-order valence-corrected chi connectivity index (χ3v) is 4.37. The molecule has 8 nitrogen and oxygen atoms in total. The fraction of sp³-hybridized carbons (Fsp3) is 0.286. The van der Waals surface area contributed by atoms with Gasteiger partial charge in [0.2, 0.25) is 11.8 Å². The molecule has 3 atom stereocenters. The van der Waals surface area contributed by atoms with E-state index in [2.05, 4.69) is 10.6 Å². The van der Waals surface area contributed by atoms with E-state index in [9.17, 15) is 19.5 Å². The van der Waals surface area contributed by atoms with E-state index in [4.69, 9.17) is 11.5 Å². The summed E-state index contributed by atoms with van der Waals surface area (Å²) in [5, 5.41) is 14.2. The van der Waals surface area contributed by atoms with Crippen LogP contribution in [0, 0.1) is 0 Å². The molecule has 0 spiro atoms. The molecular formula is C21H26N4O4. The second-order valence-electron chi connectivity index (χ2n) is 6.74. The first-order valence-corrected chi connectivity index (χ1v) is 9.26. The van der Waals surface area contributed by atoms with Crippen LogP contribution in [-0.2, 0) is 27.2 Å². The van der Waals surface area contributed by atoms with Crippen molar-refractivity contribution in [2.45, 2.75) is 31.0 Å². The Morgan fingerprint density at radius 2 is 1.24 bits per heavy atom. The molecule has 0 aliphatic heterocycles. The lowest BCUT2D eigenvalue weighted by Crippen LogP contribution is -2.54. The zero-order valence-electron chi connectivity index (χ0n) is 16.0. The van der Waals surface area contributed by atoms with Gasteiger partial charge in [-0.05, 0) is 24.0 Å². The predicted molar refractivity (Wildman–Crippen MR) is 109 cm³/mol. The lowest BCUT2D eigenvalue weighted by atomic mass is 10.1. The lowest BCUT2D eigenvalue weighted by molar-refractivity contribution is -0.142. The summed E-state index contributed by atoms with van der Waals surface area (Å²) in [6.07, 6.45) is 0.589. The maximum absolute atomic E-state index is 12.2. The molecule has 2 aromatic rings. The summed E-state index contributed by atoms with van der Waals surface area (Å²) < 4.78 is 0. The Morgan fingerprint density at radius 3 is 1.69 bits per heavy atom. The number of amides is 2. The smallest absolute Gasteiger partial charge is 0.328 e. The third-order valence-electron chi connectivity index (χ3n) is 4.37. The quantitative estimate of drug-likeness (QED) is 0.375. The van der Waals surface area contributed by atoms with E-state index in [0.717, 1.165) is 11.1 Å². The number of hydrogen-bond donors (Lipinski definition) is 5. The van der Waals surface area contributed by atoms with Crippen LogP contribution in [-0.4, -0.2) is 47.6 Å². The van der Waals surface area contributed by atoms with E-state index in [1.165, 1.54) is 0 Å². The first-order chi connectivity index (χ1) is 13.9. The molecule has 0 aromatic heterocycles. The van der Waals surface area contributed by atoms with Crippen molar-refractivity contribution in [1.82, 2.24) is 10.6 Å². The first-order valence-electron chi connectivity index (χ1n) is 9.26. The molecule has 0 unspecified atom stereocenters. The monoisotopic (exact) mass is 398 g/mol. The minimum atomic E-state index is -1.31. The van der Waals surface area contributed by atoms with Crippen LogP contribution in [0.3, 0.4) is 0 Å². The van der Waals surface area contributed by atoms with Gasteiger partial charge in [0.1, 0.15) is 6.04 Å². The molecule has 0 aliphatic rings. The number of aliphatic carboxylic acids is 1. The van der Waals surface area contributed by atoms with Crippen molar-refractivity contribution >= 4 is 17.8 Å². The number of rotatable bonds is 10. The molecule has 0 bridgehead atoms. The minimum Gasteiger partial charge on any atom is -0.480 e. The molecule has 2 aromatic carbocycles. The van der Waals surface area contributed by atoms with Gasteiger partial charge in [0.05, 0.1) is 12.1 Å². The normalized spacial score (nSPS) is 13.7. The summed E-state index contributed by atoms with van der Waals surface area (Å²) in [6.45, 7) is -0.291. The molecule has 2 rings (SSSR count).